The molecule has 3 N–H and O–H groups in total. The van der Waals surface area contributed by atoms with Gasteiger partial charge in [0.15, 0.2) is 0 Å². The lowest BCUT2D eigenvalue weighted by atomic mass is 9.77. The van der Waals surface area contributed by atoms with Gasteiger partial charge in [0, 0.05) is 17.8 Å². The van der Waals surface area contributed by atoms with E-state index in [-0.39, 0.29) is 29.6 Å². The number of nitrogens with one attached hydrogen (secondary N) is 1. The first-order chi connectivity index (χ1) is 11.8. The van der Waals surface area contributed by atoms with Crippen LogP contribution in [0, 0.1) is 23.7 Å². The Morgan fingerprint density at radius 1 is 1.24 bits per heavy atom. The van der Waals surface area contributed by atoms with Crippen LogP contribution in [0.25, 0.3) is 0 Å². The average molecular weight is 353 g/mol. The minimum atomic E-state index is -0.608. The Hall–Kier alpha value is -1.39. The van der Waals surface area contributed by atoms with Crippen molar-refractivity contribution in [2.75, 3.05) is 0 Å². The third-order valence-corrected chi connectivity index (χ3v) is 5.32. The Kier molecular flexibility index (Phi) is 9.15. The van der Waals surface area contributed by atoms with Crippen LogP contribution in [-0.2, 0) is 14.4 Å². The molecule has 3 unspecified atom stereocenters. The molecule has 0 aromatic carbocycles. The van der Waals surface area contributed by atoms with Crippen molar-refractivity contribution in [2.24, 2.45) is 29.4 Å². The van der Waals surface area contributed by atoms with E-state index in [0.717, 1.165) is 38.5 Å². The van der Waals surface area contributed by atoms with Crippen molar-refractivity contribution in [3.63, 3.8) is 0 Å². The van der Waals surface area contributed by atoms with Crippen molar-refractivity contribution in [3.05, 3.63) is 0 Å². The van der Waals surface area contributed by atoms with Crippen LogP contribution in [-0.4, -0.2) is 23.6 Å². The smallest absolute Gasteiger partial charge is 0.240 e. The number of primary amides is 1. The highest BCUT2D eigenvalue weighted by Gasteiger charge is 2.30. The van der Waals surface area contributed by atoms with Gasteiger partial charge in [0.25, 0.3) is 0 Å². The van der Waals surface area contributed by atoms with Crippen molar-refractivity contribution in [3.8, 4) is 0 Å². The van der Waals surface area contributed by atoms with E-state index in [0.29, 0.717) is 18.6 Å². The van der Waals surface area contributed by atoms with Crippen molar-refractivity contribution in [1.29, 1.82) is 0 Å². The minimum Gasteiger partial charge on any atom is -0.368 e. The van der Waals surface area contributed by atoms with Crippen LogP contribution in [0.2, 0.25) is 0 Å². The van der Waals surface area contributed by atoms with Gasteiger partial charge in [0.05, 0.1) is 0 Å². The molecule has 144 valence electrons. The summed E-state index contributed by atoms with van der Waals surface area (Å²) >= 11 is 0. The van der Waals surface area contributed by atoms with Crippen LogP contribution in [0.15, 0.2) is 0 Å². The number of rotatable bonds is 10. The second-order valence-electron chi connectivity index (χ2n) is 8.09. The fourth-order valence-electron chi connectivity index (χ4n) is 3.81. The summed E-state index contributed by atoms with van der Waals surface area (Å²) in [5.74, 6) is 0.168. The summed E-state index contributed by atoms with van der Waals surface area (Å²) in [6, 6.07) is -0.608. The molecule has 0 aromatic rings. The van der Waals surface area contributed by atoms with Gasteiger partial charge in [-0.1, -0.05) is 40.5 Å². The first-order valence-electron chi connectivity index (χ1n) is 9.89. The molecule has 25 heavy (non-hydrogen) atoms. The predicted octanol–water partition coefficient (Wildman–Crippen LogP) is 3.20. The molecule has 0 saturated heterocycles. The minimum absolute atomic E-state index is 0.0948. The van der Waals surface area contributed by atoms with E-state index in [4.69, 9.17) is 5.73 Å². The molecule has 0 bridgehead atoms. The maximum absolute atomic E-state index is 12.6. The maximum Gasteiger partial charge on any atom is 0.240 e. The molecule has 1 saturated carbocycles. The van der Waals surface area contributed by atoms with Crippen LogP contribution in [0.1, 0.15) is 79.1 Å². The molecule has 4 atom stereocenters. The molecule has 5 nitrogen and oxygen atoms in total. The fraction of sp³-hybridized carbons (Fsp3) is 0.850. The van der Waals surface area contributed by atoms with E-state index in [9.17, 15) is 14.4 Å². The van der Waals surface area contributed by atoms with E-state index in [1.807, 2.05) is 27.7 Å². The van der Waals surface area contributed by atoms with E-state index < -0.39 is 11.9 Å². The van der Waals surface area contributed by atoms with Gasteiger partial charge in [0.1, 0.15) is 11.8 Å². The molecule has 0 aliphatic heterocycles. The number of ketones is 1. The van der Waals surface area contributed by atoms with Crippen LogP contribution in [0.5, 0.6) is 0 Å². The summed E-state index contributed by atoms with van der Waals surface area (Å²) in [6.07, 6.45) is 6.74. The third kappa shape index (κ3) is 7.17. The van der Waals surface area contributed by atoms with Gasteiger partial charge in [0.2, 0.25) is 11.8 Å². The topological polar surface area (TPSA) is 89.3 Å². The molecule has 1 aliphatic carbocycles. The number of hydrogen-bond donors (Lipinski definition) is 2. The monoisotopic (exact) mass is 352 g/mol. The quantitative estimate of drug-likeness (QED) is 0.632. The summed E-state index contributed by atoms with van der Waals surface area (Å²) in [7, 11) is 0. The van der Waals surface area contributed by atoms with E-state index >= 15 is 0 Å². The van der Waals surface area contributed by atoms with Gasteiger partial charge >= 0.3 is 0 Å². The summed E-state index contributed by atoms with van der Waals surface area (Å²) < 4.78 is 0. The lowest BCUT2D eigenvalue weighted by molar-refractivity contribution is -0.131. The van der Waals surface area contributed by atoms with E-state index in [2.05, 4.69) is 5.32 Å². The average Bonchev–Trinajstić information content (AvgIpc) is 2.53. The van der Waals surface area contributed by atoms with Crippen molar-refractivity contribution in [1.82, 2.24) is 5.32 Å². The Morgan fingerprint density at radius 3 is 2.48 bits per heavy atom. The Labute approximate surface area is 152 Å². The largest absolute Gasteiger partial charge is 0.368 e. The number of nitrogens with two attached hydrogens (primary N) is 1. The van der Waals surface area contributed by atoms with Crippen molar-refractivity contribution in [2.45, 2.75) is 85.1 Å². The summed E-state index contributed by atoms with van der Waals surface area (Å²) in [5, 5.41) is 2.84. The van der Waals surface area contributed by atoms with Gasteiger partial charge in [-0.05, 0) is 44.4 Å². The summed E-state index contributed by atoms with van der Waals surface area (Å²) in [4.78, 5) is 36.5. The molecule has 1 aliphatic rings. The molecule has 0 spiro atoms. The second kappa shape index (κ2) is 10.6. The molecular formula is C20H36N2O3. The van der Waals surface area contributed by atoms with Gasteiger partial charge < -0.3 is 11.1 Å². The Bertz CT molecular complexity index is 462. The number of carbonyl (C=O) groups is 3. The fourth-order valence-corrected chi connectivity index (χ4v) is 3.81. The highest BCUT2D eigenvalue weighted by atomic mass is 16.2. The molecule has 1 fully saturated rings. The SMILES string of the molecule is CCCC(CCC1CCCC(C)C1=O)C(=O)N[C@@H](CC(C)C)C(N)=O. The molecule has 2 amide bonds. The maximum atomic E-state index is 12.6. The molecule has 5 heteroatoms. The number of Topliss-reactive ketones (excluding diaryl/α,β-unsaturated/α-hetero) is 1. The lowest BCUT2D eigenvalue weighted by Crippen LogP contribution is -2.47. The zero-order chi connectivity index (χ0) is 19.0. The summed E-state index contributed by atoms with van der Waals surface area (Å²) in [5.41, 5.74) is 5.43. The van der Waals surface area contributed by atoms with Gasteiger partial charge in [-0.25, -0.2) is 0 Å². The third-order valence-electron chi connectivity index (χ3n) is 5.32. The van der Waals surface area contributed by atoms with Gasteiger partial charge in [-0.15, -0.1) is 0 Å². The normalized spacial score (nSPS) is 23.3. The first kappa shape index (κ1) is 21.7. The Balaban J connectivity index is 2.63. The van der Waals surface area contributed by atoms with E-state index in [1.54, 1.807) is 0 Å². The van der Waals surface area contributed by atoms with Crippen LogP contribution >= 0.6 is 0 Å². The van der Waals surface area contributed by atoms with E-state index in [1.165, 1.54) is 0 Å². The van der Waals surface area contributed by atoms with Gasteiger partial charge in [-0.3, -0.25) is 14.4 Å². The van der Waals surface area contributed by atoms with Gasteiger partial charge in [-0.2, -0.15) is 0 Å². The standard InChI is InChI=1S/C20H36N2O3/c1-5-7-16(11-10-15-9-6-8-14(4)18(15)23)20(25)22-17(19(21)24)12-13(2)3/h13-17H,5-12H2,1-4H3,(H2,21,24)(H,22,25)/t14?,15?,16?,17-/m0/s1. The van der Waals surface area contributed by atoms with Crippen LogP contribution < -0.4 is 11.1 Å². The van der Waals surface area contributed by atoms with Crippen LogP contribution in [0.4, 0.5) is 0 Å². The number of carbonyl (C=O) groups excluding carboxylic acids is 3. The second-order valence-corrected chi connectivity index (χ2v) is 8.09. The zero-order valence-corrected chi connectivity index (χ0v) is 16.3. The molecule has 0 radical (unpaired) electrons. The molecule has 0 heterocycles. The van der Waals surface area contributed by atoms with Crippen LogP contribution in [0.3, 0.4) is 0 Å². The van der Waals surface area contributed by atoms with Crippen molar-refractivity contribution < 1.29 is 14.4 Å². The number of amides is 2. The Morgan fingerprint density at radius 2 is 1.92 bits per heavy atom. The van der Waals surface area contributed by atoms with Crippen molar-refractivity contribution >= 4 is 17.6 Å². The predicted molar refractivity (Wildman–Crippen MR) is 99.7 cm³/mol. The highest BCUT2D eigenvalue weighted by Crippen LogP contribution is 2.30. The molecular weight excluding hydrogens is 316 g/mol. The number of hydrogen-bond acceptors (Lipinski definition) is 3. The molecule has 1 rings (SSSR count). The zero-order valence-electron chi connectivity index (χ0n) is 16.3. The lowest BCUT2D eigenvalue weighted by Gasteiger charge is -2.27. The summed E-state index contributed by atoms with van der Waals surface area (Å²) in [6.45, 7) is 8.06. The first-order valence-corrected chi connectivity index (χ1v) is 9.89. The molecule has 0 aromatic heterocycles. The highest BCUT2D eigenvalue weighted by molar-refractivity contribution is 5.87.